The Balaban J connectivity index is 2.27. The maximum Gasteiger partial charge on any atom is 0.238 e. The smallest absolute Gasteiger partial charge is 0.238 e. The fourth-order valence-corrected chi connectivity index (χ4v) is 3.60. The summed E-state index contributed by atoms with van der Waals surface area (Å²) < 4.78 is 29.0. The highest BCUT2D eigenvalue weighted by atomic mass is 79.9. The van der Waals surface area contributed by atoms with Crippen LogP contribution in [0.3, 0.4) is 0 Å². The van der Waals surface area contributed by atoms with Crippen LogP contribution in [0.4, 0.5) is 5.69 Å². The summed E-state index contributed by atoms with van der Waals surface area (Å²) in [7, 11) is -2.21. The molecule has 1 heterocycles. The summed E-state index contributed by atoms with van der Waals surface area (Å²) in [5, 5.41) is 10.3. The van der Waals surface area contributed by atoms with E-state index in [1.807, 2.05) is 11.4 Å². The number of primary sulfonamides is 1. The Morgan fingerprint density at radius 1 is 1.40 bits per heavy atom. The van der Waals surface area contributed by atoms with Crippen molar-refractivity contribution in [1.82, 2.24) is 0 Å². The van der Waals surface area contributed by atoms with Gasteiger partial charge in [-0.15, -0.1) is 11.3 Å². The van der Waals surface area contributed by atoms with Crippen LogP contribution in [-0.4, -0.2) is 15.5 Å². The topological polar surface area (TPSA) is 81.4 Å². The van der Waals surface area contributed by atoms with Gasteiger partial charge in [0.25, 0.3) is 0 Å². The second-order valence-corrected chi connectivity index (χ2v) is 7.37. The highest BCUT2D eigenvalue weighted by molar-refractivity contribution is 9.10. The molecular weight excluding hydrogens is 364 g/mol. The highest BCUT2D eigenvalue weighted by Crippen LogP contribution is 2.29. The predicted octanol–water partition coefficient (Wildman–Crippen LogP) is 2.78. The Morgan fingerprint density at radius 3 is 2.70 bits per heavy atom. The Hall–Kier alpha value is -1.09. The molecule has 2 rings (SSSR count). The van der Waals surface area contributed by atoms with Gasteiger partial charge in [0, 0.05) is 9.35 Å². The van der Waals surface area contributed by atoms with Crippen LogP contribution in [0, 0.1) is 0 Å². The molecule has 0 atom stereocenters. The lowest BCUT2D eigenvalue weighted by molar-refractivity contribution is 0.416. The van der Waals surface area contributed by atoms with Crippen LogP contribution < -0.4 is 15.2 Å². The van der Waals surface area contributed by atoms with E-state index >= 15 is 0 Å². The van der Waals surface area contributed by atoms with Gasteiger partial charge in [-0.1, -0.05) is 0 Å². The minimum Gasteiger partial charge on any atom is -0.495 e. The van der Waals surface area contributed by atoms with Crippen LogP contribution in [-0.2, 0) is 16.6 Å². The first-order valence-corrected chi connectivity index (χ1v) is 8.80. The van der Waals surface area contributed by atoms with Crippen molar-refractivity contribution in [2.24, 2.45) is 5.14 Å². The molecule has 0 bridgehead atoms. The second-order valence-electron chi connectivity index (χ2n) is 3.95. The van der Waals surface area contributed by atoms with E-state index in [0.717, 1.165) is 9.35 Å². The van der Waals surface area contributed by atoms with Crippen LogP contribution in [0.25, 0.3) is 0 Å². The van der Waals surface area contributed by atoms with Crippen molar-refractivity contribution in [3.8, 4) is 5.75 Å². The molecule has 0 aliphatic carbocycles. The fourth-order valence-electron chi connectivity index (χ4n) is 1.63. The zero-order valence-electron chi connectivity index (χ0n) is 10.6. The molecule has 20 heavy (non-hydrogen) atoms. The van der Waals surface area contributed by atoms with E-state index in [-0.39, 0.29) is 4.90 Å². The van der Waals surface area contributed by atoms with E-state index in [4.69, 9.17) is 9.88 Å². The molecule has 0 aliphatic heterocycles. The Bertz CT molecular complexity index is 713. The molecule has 5 nitrogen and oxygen atoms in total. The number of rotatable bonds is 5. The molecular formula is C12H13BrN2O3S2. The van der Waals surface area contributed by atoms with Crippen LogP contribution in [0.5, 0.6) is 5.75 Å². The largest absolute Gasteiger partial charge is 0.495 e. The van der Waals surface area contributed by atoms with Crippen molar-refractivity contribution in [2.45, 2.75) is 11.4 Å². The summed E-state index contributed by atoms with van der Waals surface area (Å²) in [6, 6.07) is 6.42. The van der Waals surface area contributed by atoms with Gasteiger partial charge in [-0.05, 0) is 45.6 Å². The van der Waals surface area contributed by atoms with Gasteiger partial charge in [-0.3, -0.25) is 0 Å². The molecule has 0 radical (unpaired) electrons. The standard InChI is InChI=1S/C12H13BrN2O3S2/c1-18-11-3-2-8(20(14,16)17)6-10(11)15-7-12-9(13)4-5-19-12/h2-6,15H,7H2,1H3,(H2,14,16,17). The van der Waals surface area contributed by atoms with E-state index < -0.39 is 10.0 Å². The molecule has 0 saturated heterocycles. The summed E-state index contributed by atoms with van der Waals surface area (Å²) in [6.07, 6.45) is 0. The second kappa shape index (κ2) is 6.13. The lowest BCUT2D eigenvalue weighted by Gasteiger charge is -2.12. The maximum atomic E-state index is 11.4. The number of halogens is 1. The van der Waals surface area contributed by atoms with E-state index in [0.29, 0.717) is 18.0 Å². The minimum absolute atomic E-state index is 0.0473. The first kappa shape index (κ1) is 15.3. The van der Waals surface area contributed by atoms with E-state index in [1.165, 1.54) is 19.2 Å². The SMILES string of the molecule is COc1ccc(S(N)(=O)=O)cc1NCc1sccc1Br. The van der Waals surface area contributed by atoms with Crippen LogP contribution in [0.15, 0.2) is 39.0 Å². The maximum absolute atomic E-state index is 11.4. The number of sulfonamides is 1. The number of hydrogen-bond acceptors (Lipinski definition) is 5. The normalized spacial score (nSPS) is 11.3. The molecule has 1 aromatic heterocycles. The van der Waals surface area contributed by atoms with Gasteiger partial charge in [0.2, 0.25) is 10.0 Å². The van der Waals surface area contributed by atoms with Crippen LogP contribution >= 0.6 is 27.3 Å². The number of anilines is 1. The molecule has 0 amide bonds. The summed E-state index contributed by atoms with van der Waals surface area (Å²) in [5.74, 6) is 0.560. The molecule has 0 fully saturated rings. The quantitative estimate of drug-likeness (QED) is 0.840. The van der Waals surface area contributed by atoms with E-state index in [2.05, 4.69) is 21.2 Å². The third-order valence-electron chi connectivity index (χ3n) is 2.63. The Labute approximate surface area is 129 Å². The first-order valence-electron chi connectivity index (χ1n) is 5.58. The number of ether oxygens (including phenoxy) is 1. The Kier molecular flexibility index (Phi) is 4.69. The van der Waals surface area contributed by atoms with Crippen LogP contribution in [0.2, 0.25) is 0 Å². The monoisotopic (exact) mass is 376 g/mol. The predicted molar refractivity (Wildman–Crippen MR) is 83.7 cm³/mol. The first-order chi connectivity index (χ1) is 9.41. The van der Waals surface area contributed by atoms with Crippen molar-refractivity contribution < 1.29 is 13.2 Å². The molecule has 2 aromatic rings. The third-order valence-corrected chi connectivity index (χ3v) is 5.47. The van der Waals surface area contributed by atoms with Crippen molar-refractivity contribution >= 4 is 43.0 Å². The van der Waals surface area contributed by atoms with Crippen molar-refractivity contribution in [2.75, 3.05) is 12.4 Å². The van der Waals surface area contributed by atoms with Gasteiger partial charge in [0.05, 0.1) is 24.2 Å². The molecule has 0 aliphatic rings. The van der Waals surface area contributed by atoms with E-state index in [9.17, 15) is 8.42 Å². The lowest BCUT2D eigenvalue weighted by atomic mass is 10.3. The average molecular weight is 377 g/mol. The number of methoxy groups -OCH3 is 1. The van der Waals surface area contributed by atoms with Gasteiger partial charge in [-0.2, -0.15) is 0 Å². The zero-order valence-corrected chi connectivity index (χ0v) is 13.8. The average Bonchev–Trinajstić information content (AvgIpc) is 2.80. The van der Waals surface area contributed by atoms with Gasteiger partial charge in [0.1, 0.15) is 5.75 Å². The number of nitrogens with one attached hydrogen (secondary N) is 1. The van der Waals surface area contributed by atoms with Gasteiger partial charge >= 0.3 is 0 Å². The summed E-state index contributed by atoms with van der Waals surface area (Å²) in [6.45, 7) is 0.558. The molecule has 1 aromatic carbocycles. The van der Waals surface area contributed by atoms with Gasteiger partial charge in [0.15, 0.2) is 0 Å². The van der Waals surface area contributed by atoms with Crippen molar-refractivity contribution in [3.05, 3.63) is 39.0 Å². The Morgan fingerprint density at radius 2 is 2.15 bits per heavy atom. The van der Waals surface area contributed by atoms with Crippen LogP contribution in [0.1, 0.15) is 4.88 Å². The van der Waals surface area contributed by atoms with Crippen molar-refractivity contribution in [1.29, 1.82) is 0 Å². The molecule has 0 unspecified atom stereocenters. The lowest BCUT2D eigenvalue weighted by Crippen LogP contribution is -2.12. The molecule has 0 spiro atoms. The number of hydrogen-bond donors (Lipinski definition) is 2. The number of benzene rings is 1. The minimum atomic E-state index is -3.73. The molecule has 8 heteroatoms. The summed E-state index contributed by atoms with van der Waals surface area (Å²) in [5.41, 5.74) is 0.583. The van der Waals surface area contributed by atoms with Crippen molar-refractivity contribution in [3.63, 3.8) is 0 Å². The molecule has 0 saturated carbocycles. The fraction of sp³-hybridized carbons (Fsp3) is 0.167. The highest BCUT2D eigenvalue weighted by Gasteiger charge is 2.12. The number of thiophene rings is 1. The summed E-state index contributed by atoms with van der Waals surface area (Å²) in [4.78, 5) is 1.15. The van der Waals surface area contributed by atoms with Gasteiger partial charge in [-0.25, -0.2) is 13.6 Å². The summed E-state index contributed by atoms with van der Waals surface area (Å²) >= 11 is 5.04. The van der Waals surface area contributed by atoms with E-state index in [1.54, 1.807) is 17.4 Å². The number of nitrogens with two attached hydrogens (primary N) is 1. The van der Waals surface area contributed by atoms with Gasteiger partial charge < -0.3 is 10.1 Å². The molecule has 3 N–H and O–H groups in total. The zero-order chi connectivity index (χ0) is 14.8. The molecule has 108 valence electrons. The third kappa shape index (κ3) is 3.51.